The second kappa shape index (κ2) is 4.76. The van der Waals surface area contributed by atoms with Crippen LogP contribution in [-0.4, -0.2) is 24.3 Å². The van der Waals surface area contributed by atoms with Gasteiger partial charge in [0.2, 0.25) is 0 Å². The molecule has 0 fully saturated rings. The first-order valence-corrected chi connectivity index (χ1v) is 4.61. The summed E-state index contributed by atoms with van der Waals surface area (Å²) >= 11 is 0. The Morgan fingerprint density at radius 2 is 2.27 bits per heavy atom. The zero-order valence-electron chi connectivity index (χ0n) is 9.15. The van der Waals surface area contributed by atoms with Crippen molar-refractivity contribution in [1.82, 2.24) is 4.98 Å². The maximum Gasteiger partial charge on any atom is 0.155 e. The molecule has 80 valence electrons. The first kappa shape index (κ1) is 11.5. The average Bonchev–Trinajstić information content (AvgIpc) is 2.27. The van der Waals surface area contributed by atoms with E-state index in [2.05, 4.69) is 4.98 Å². The van der Waals surface area contributed by atoms with Gasteiger partial charge in [0, 0.05) is 13.3 Å². The Morgan fingerprint density at radius 3 is 2.87 bits per heavy atom. The number of nitrogens with zero attached hydrogens (tertiary/aromatic N) is 2. The molecular weight excluding hydrogens is 192 g/mol. The highest BCUT2D eigenvalue weighted by molar-refractivity contribution is 5.40. The molecule has 0 aromatic carbocycles. The van der Waals surface area contributed by atoms with E-state index >= 15 is 0 Å². The lowest BCUT2D eigenvalue weighted by molar-refractivity contribution is -0.0148. The zero-order valence-corrected chi connectivity index (χ0v) is 9.15. The Morgan fingerprint density at radius 1 is 1.53 bits per heavy atom. The second-order valence-electron chi connectivity index (χ2n) is 3.74. The Balaban J connectivity index is 2.70. The van der Waals surface area contributed by atoms with Gasteiger partial charge in [0.25, 0.3) is 0 Å². The van der Waals surface area contributed by atoms with Crippen LogP contribution in [0.5, 0.6) is 5.75 Å². The molecule has 0 atom stereocenters. The van der Waals surface area contributed by atoms with Crippen molar-refractivity contribution in [3.63, 3.8) is 0 Å². The second-order valence-corrected chi connectivity index (χ2v) is 3.74. The monoisotopic (exact) mass is 206 g/mol. The van der Waals surface area contributed by atoms with Crippen LogP contribution in [0.3, 0.4) is 0 Å². The minimum absolute atomic E-state index is 0.372. The minimum atomic E-state index is -0.372. The molecule has 1 rings (SSSR count). The molecule has 0 bridgehead atoms. The van der Waals surface area contributed by atoms with Gasteiger partial charge in [-0.25, -0.2) is 0 Å². The average molecular weight is 206 g/mol. The Labute approximate surface area is 89.5 Å². The highest BCUT2D eigenvalue weighted by Gasteiger charge is 2.18. The molecule has 4 nitrogen and oxygen atoms in total. The molecule has 0 spiro atoms. The summed E-state index contributed by atoms with van der Waals surface area (Å²) in [6, 6.07) is 3.66. The van der Waals surface area contributed by atoms with E-state index in [1.807, 2.05) is 19.9 Å². The highest BCUT2D eigenvalue weighted by Crippen LogP contribution is 2.17. The maximum absolute atomic E-state index is 8.82. The molecule has 0 aliphatic heterocycles. The molecular formula is C11H14N2O2. The van der Waals surface area contributed by atoms with E-state index in [4.69, 9.17) is 14.7 Å². The molecule has 0 unspecified atom stereocenters. The molecule has 15 heavy (non-hydrogen) atoms. The molecule has 0 N–H and O–H groups in total. The SMILES string of the molecule is COC(C)(C)COc1cnccc1C#N. The molecule has 1 aromatic heterocycles. The normalized spacial score (nSPS) is 10.8. The van der Waals surface area contributed by atoms with Crippen LogP contribution >= 0.6 is 0 Å². The summed E-state index contributed by atoms with van der Waals surface area (Å²) in [6.07, 6.45) is 3.09. The topological polar surface area (TPSA) is 55.1 Å². The van der Waals surface area contributed by atoms with Gasteiger partial charge in [-0.1, -0.05) is 0 Å². The number of ether oxygens (including phenoxy) is 2. The number of pyridine rings is 1. The van der Waals surface area contributed by atoms with Crippen LogP contribution in [0.4, 0.5) is 0 Å². The molecule has 1 heterocycles. The van der Waals surface area contributed by atoms with Crippen molar-refractivity contribution in [3.05, 3.63) is 24.0 Å². The lowest BCUT2D eigenvalue weighted by atomic mass is 10.1. The molecule has 0 amide bonds. The van der Waals surface area contributed by atoms with Crippen LogP contribution in [0, 0.1) is 11.3 Å². The van der Waals surface area contributed by atoms with Crippen LogP contribution in [0.15, 0.2) is 18.5 Å². The summed E-state index contributed by atoms with van der Waals surface area (Å²) in [4.78, 5) is 3.90. The fraction of sp³-hybridized carbons (Fsp3) is 0.455. The highest BCUT2D eigenvalue weighted by atomic mass is 16.5. The van der Waals surface area contributed by atoms with Crippen LogP contribution < -0.4 is 4.74 Å². The molecule has 0 saturated heterocycles. The third kappa shape index (κ3) is 3.22. The van der Waals surface area contributed by atoms with Crippen molar-refractivity contribution in [2.45, 2.75) is 19.4 Å². The van der Waals surface area contributed by atoms with Gasteiger partial charge < -0.3 is 9.47 Å². The minimum Gasteiger partial charge on any atom is -0.488 e. The van der Waals surface area contributed by atoms with Gasteiger partial charge in [-0.15, -0.1) is 0 Å². The summed E-state index contributed by atoms with van der Waals surface area (Å²) < 4.78 is 10.7. The van der Waals surface area contributed by atoms with Gasteiger partial charge >= 0.3 is 0 Å². The predicted molar refractivity (Wildman–Crippen MR) is 55.5 cm³/mol. The lowest BCUT2D eigenvalue weighted by Gasteiger charge is -2.22. The first-order chi connectivity index (χ1) is 7.09. The third-order valence-corrected chi connectivity index (χ3v) is 2.03. The van der Waals surface area contributed by atoms with E-state index in [0.29, 0.717) is 17.9 Å². The summed E-state index contributed by atoms with van der Waals surface area (Å²) in [5.74, 6) is 0.491. The number of rotatable bonds is 4. The number of nitriles is 1. The summed E-state index contributed by atoms with van der Waals surface area (Å²) in [6.45, 7) is 4.20. The summed E-state index contributed by atoms with van der Waals surface area (Å²) in [5, 5.41) is 8.82. The molecule has 0 aliphatic carbocycles. The van der Waals surface area contributed by atoms with Crippen molar-refractivity contribution >= 4 is 0 Å². The fourth-order valence-electron chi connectivity index (χ4n) is 0.898. The van der Waals surface area contributed by atoms with Gasteiger partial charge in [-0.05, 0) is 19.9 Å². The molecule has 0 saturated carbocycles. The van der Waals surface area contributed by atoms with Crippen molar-refractivity contribution in [2.75, 3.05) is 13.7 Å². The molecule has 1 aromatic rings. The molecule has 0 radical (unpaired) electrons. The lowest BCUT2D eigenvalue weighted by Crippen LogP contribution is -2.30. The molecule has 0 aliphatic rings. The van der Waals surface area contributed by atoms with Gasteiger partial charge in [-0.2, -0.15) is 5.26 Å². The van der Waals surface area contributed by atoms with Gasteiger partial charge in [0.15, 0.2) is 5.75 Å². The fourth-order valence-corrected chi connectivity index (χ4v) is 0.898. The summed E-state index contributed by atoms with van der Waals surface area (Å²) in [5.41, 5.74) is 0.111. The van der Waals surface area contributed by atoms with E-state index in [9.17, 15) is 0 Å². The smallest absolute Gasteiger partial charge is 0.155 e. The van der Waals surface area contributed by atoms with E-state index in [-0.39, 0.29) is 5.60 Å². The van der Waals surface area contributed by atoms with Crippen molar-refractivity contribution in [3.8, 4) is 11.8 Å². The van der Waals surface area contributed by atoms with E-state index in [1.165, 1.54) is 6.20 Å². The van der Waals surface area contributed by atoms with Gasteiger partial charge in [0.05, 0.1) is 17.4 Å². The van der Waals surface area contributed by atoms with Crippen LogP contribution in [-0.2, 0) is 4.74 Å². The van der Waals surface area contributed by atoms with Gasteiger partial charge in [0.1, 0.15) is 12.7 Å². The molecule has 4 heteroatoms. The van der Waals surface area contributed by atoms with Gasteiger partial charge in [-0.3, -0.25) is 4.98 Å². The largest absolute Gasteiger partial charge is 0.488 e. The van der Waals surface area contributed by atoms with Crippen LogP contribution in [0.2, 0.25) is 0 Å². The zero-order chi connectivity index (χ0) is 11.3. The maximum atomic E-state index is 8.82. The van der Waals surface area contributed by atoms with Crippen molar-refractivity contribution in [1.29, 1.82) is 5.26 Å². The standard InChI is InChI=1S/C11H14N2O2/c1-11(2,14-3)8-15-10-7-13-5-4-9(10)6-12/h4-5,7H,8H2,1-3H3. The van der Waals surface area contributed by atoms with E-state index < -0.39 is 0 Å². The number of aromatic nitrogens is 1. The number of hydrogen-bond donors (Lipinski definition) is 0. The van der Waals surface area contributed by atoms with Crippen molar-refractivity contribution < 1.29 is 9.47 Å². The third-order valence-electron chi connectivity index (χ3n) is 2.03. The Hall–Kier alpha value is -1.60. The number of methoxy groups -OCH3 is 1. The van der Waals surface area contributed by atoms with Crippen LogP contribution in [0.25, 0.3) is 0 Å². The Bertz CT molecular complexity index is 369. The quantitative estimate of drug-likeness (QED) is 0.753. The first-order valence-electron chi connectivity index (χ1n) is 4.61. The van der Waals surface area contributed by atoms with Crippen molar-refractivity contribution in [2.24, 2.45) is 0 Å². The Kier molecular flexibility index (Phi) is 3.64. The number of hydrogen-bond acceptors (Lipinski definition) is 4. The van der Waals surface area contributed by atoms with E-state index in [1.54, 1.807) is 19.4 Å². The predicted octanol–water partition coefficient (Wildman–Crippen LogP) is 1.76. The summed E-state index contributed by atoms with van der Waals surface area (Å²) in [7, 11) is 1.62. The van der Waals surface area contributed by atoms with Crippen LogP contribution in [0.1, 0.15) is 19.4 Å². The van der Waals surface area contributed by atoms with E-state index in [0.717, 1.165) is 0 Å².